The van der Waals surface area contributed by atoms with E-state index in [0.717, 1.165) is 5.56 Å². The lowest BCUT2D eigenvalue weighted by Crippen LogP contribution is -2.45. The summed E-state index contributed by atoms with van der Waals surface area (Å²) in [4.78, 5) is 24.8. The highest BCUT2D eigenvalue weighted by atomic mass is 16.7. The number of benzene rings is 1. The molecule has 2 heterocycles. The Morgan fingerprint density at radius 3 is 2.30 bits per heavy atom. The SMILES string of the molecule is CN1CC(=O)OB(C2OC2c2ccccc2)OC(=O)C1. The van der Waals surface area contributed by atoms with Crippen molar-refractivity contribution < 1.29 is 23.6 Å². The van der Waals surface area contributed by atoms with Crippen LogP contribution in [-0.4, -0.2) is 50.1 Å². The van der Waals surface area contributed by atoms with E-state index in [0.29, 0.717) is 0 Å². The zero-order chi connectivity index (χ0) is 14.1. The maximum Gasteiger partial charge on any atom is 0.632 e. The predicted octanol–water partition coefficient (Wildman–Crippen LogP) is 0.186. The van der Waals surface area contributed by atoms with E-state index < -0.39 is 25.1 Å². The van der Waals surface area contributed by atoms with Crippen LogP contribution in [0.1, 0.15) is 11.7 Å². The summed E-state index contributed by atoms with van der Waals surface area (Å²) in [5, 5.41) is 0. The molecular weight excluding hydrogens is 261 g/mol. The van der Waals surface area contributed by atoms with E-state index in [4.69, 9.17) is 14.0 Å². The lowest BCUT2D eigenvalue weighted by Gasteiger charge is -2.21. The van der Waals surface area contributed by atoms with Gasteiger partial charge in [-0.15, -0.1) is 0 Å². The maximum atomic E-state index is 11.6. The van der Waals surface area contributed by atoms with Gasteiger partial charge in [0.15, 0.2) is 6.00 Å². The summed E-state index contributed by atoms with van der Waals surface area (Å²) >= 11 is 0. The topological polar surface area (TPSA) is 68.4 Å². The molecule has 7 heteroatoms. The van der Waals surface area contributed by atoms with Crippen LogP contribution in [0.15, 0.2) is 30.3 Å². The molecule has 104 valence electrons. The van der Waals surface area contributed by atoms with Crippen molar-refractivity contribution in [2.24, 2.45) is 0 Å². The van der Waals surface area contributed by atoms with Gasteiger partial charge in [-0.25, -0.2) is 0 Å². The van der Waals surface area contributed by atoms with Gasteiger partial charge < -0.3 is 14.0 Å². The molecule has 0 aliphatic carbocycles. The molecule has 2 aliphatic rings. The Morgan fingerprint density at radius 1 is 1.10 bits per heavy atom. The first-order valence-electron chi connectivity index (χ1n) is 6.41. The van der Waals surface area contributed by atoms with E-state index in [1.54, 1.807) is 11.9 Å². The fourth-order valence-electron chi connectivity index (χ4n) is 2.23. The van der Waals surface area contributed by atoms with Gasteiger partial charge in [-0.2, -0.15) is 0 Å². The number of ether oxygens (including phenoxy) is 1. The van der Waals surface area contributed by atoms with Crippen molar-refractivity contribution in [2.75, 3.05) is 20.1 Å². The molecule has 0 N–H and O–H groups in total. The zero-order valence-electron chi connectivity index (χ0n) is 11.0. The van der Waals surface area contributed by atoms with Gasteiger partial charge in [-0.1, -0.05) is 30.3 Å². The summed E-state index contributed by atoms with van der Waals surface area (Å²) in [5.41, 5.74) is 0.976. The third kappa shape index (κ3) is 2.83. The summed E-state index contributed by atoms with van der Waals surface area (Å²) in [6.07, 6.45) is -0.195. The first-order valence-corrected chi connectivity index (χ1v) is 6.41. The van der Waals surface area contributed by atoms with Crippen molar-refractivity contribution in [3.05, 3.63) is 35.9 Å². The van der Waals surface area contributed by atoms with Gasteiger partial charge in [0.2, 0.25) is 0 Å². The van der Waals surface area contributed by atoms with Crippen molar-refractivity contribution in [2.45, 2.75) is 12.1 Å². The molecule has 0 spiro atoms. The Morgan fingerprint density at radius 2 is 1.70 bits per heavy atom. The van der Waals surface area contributed by atoms with E-state index in [9.17, 15) is 9.59 Å². The van der Waals surface area contributed by atoms with Crippen LogP contribution in [0.4, 0.5) is 0 Å². The Hall–Kier alpha value is -1.86. The number of rotatable bonds is 2. The van der Waals surface area contributed by atoms with Crippen LogP contribution in [-0.2, 0) is 23.6 Å². The fourth-order valence-corrected chi connectivity index (χ4v) is 2.23. The van der Waals surface area contributed by atoms with Crippen molar-refractivity contribution in [1.82, 2.24) is 4.90 Å². The third-order valence-corrected chi connectivity index (χ3v) is 3.22. The highest BCUT2D eigenvalue weighted by Gasteiger charge is 2.56. The van der Waals surface area contributed by atoms with Gasteiger partial charge in [0.05, 0.1) is 13.1 Å². The molecular formula is C13H14BNO5. The van der Waals surface area contributed by atoms with Crippen molar-refractivity contribution in [1.29, 1.82) is 0 Å². The standard InChI is InChI=1S/C13H14BNO5/c1-15-7-10(16)19-14(20-11(17)8-15)13-12(18-13)9-5-3-2-4-6-9/h2-6,12-13H,7-8H2,1H3. The monoisotopic (exact) mass is 275 g/mol. The molecule has 1 aromatic rings. The maximum absolute atomic E-state index is 11.6. The van der Waals surface area contributed by atoms with Gasteiger partial charge in [0.25, 0.3) is 0 Å². The van der Waals surface area contributed by atoms with Crippen LogP contribution in [0.3, 0.4) is 0 Å². The first kappa shape index (κ1) is 13.1. The van der Waals surface area contributed by atoms with Crippen LogP contribution < -0.4 is 0 Å². The lowest BCUT2D eigenvalue weighted by molar-refractivity contribution is -0.145. The van der Waals surface area contributed by atoms with Gasteiger partial charge in [-0.3, -0.25) is 14.5 Å². The molecule has 2 unspecified atom stereocenters. The highest BCUT2D eigenvalue weighted by Crippen LogP contribution is 2.40. The second kappa shape index (κ2) is 5.26. The number of carbonyl (C=O) groups excluding carboxylic acids is 2. The smallest absolute Gasteiger partial charge is 0.496 e. The van der Waals surface area contributed by atoms with Crippen molar-refractivity contribution in [3.8, 4) is 0 Å². The van der Waals surface area contributed by atoms with E-state index in [1.807, 2.05) is 30.3 Å². The van der Waals surface area contributed by atoms with Crippen LogP contribution in [0.2, 0.25) is 0 Å². The van der Waals surface area contributed by atoms with Crippen LogP contribution in [0.5, 0.6) is 0 Å². The molecule has 0 radical (unpaired) electrons. The molecule has 0 amide bonds. The molecule has 2 atom stereocenters. The number of nitrogens with zero attached hydrogens (tertiary/aromatic N) is 1. The second-order valence-corrected chi connectivity index (χ2v) is 4.95. The average Bonchev–Trinajstić information content (AvgIpc) is 3.17. The summed E-state index contributed by atoms with van der Waals surface area (Å²) < 4.78 is 15.8. The Balaban J connectivity index is 1.68. The van der Waals surface area contributed by atoms with E-state index in [1.165, 1.54) is 0 Å². The minimum atomic E-state index is -0.964. The van der Waals surface area contributed by atoms with Gasteiger partial charge in [0.1, 0.15) is 6.10 Å². The van der Waals surface area contributed by atoms with Crippen molar-refractivity contribution >= 4 is 19.1 Å². The van der Waals surface area contributed by atoms with Gasteiger partial charge >= 0.3 is 19.1 Å². The Kier molecular flexibility index (Phi) is 3.46. The number of hydrogen-bond acceptors (Lipinski definition) is 6. The number of epoxide rings is 1. The third-order valence-electron chi connectivity index (χ3n) is 3.22. The number of hydrogen-bond donors (Lipinski definition) is 0. The molecule has 0 saturated carbocycles. The molecule has 2 aliphatic heterocycles. The lowest BCUT2D eigenvalue weighted by atomic mass is 9.80. The zero-order valence-corrected chi connectivity index (χ0v) is 11.0. The number of carbonyl (C=O) groups is 2. The van der Waals surface area contributed by atoms with E-state index in [2.05, 4.69) is 0 Å². The van der Waals surface area contributed by atoms with E-state index in [-0.39, 0.29) is 19.2 Å². The minimum Gasteiger partial charge on any atom is -0.496 e. The highest BCUT2D eigenvalue weighted by molar-refractivity contribution is 6.51. The van der Waals surface area contributed by atoms with Crippen LogP contribution in [0, 0.1) is 0 Å². The Bertz CT molecular complexity index is 503. The van der Waals surface area contributed by atoms with Gasteiger partial charge in [0, 0.05) is 0 Å². The molecule has 2 fully saturated rings. The number of likely N-dealkylation sites (N-methyl/N-ethyl adjacent to an activating group) is 1. The Labute approximate surface area is 116 Å². The molecule has 3 rings (SSSR count). The fraction of sp³-hybridized carbons (Fsp3) is 0.385. The molecule has 0 bridgehead atoms. The molecule has 6 nitrogen and oxygen atoms in total. The summed E-state index contributed by atoms with van der Waals surface area (Å²) in [6.45, 7) is 0.128. The second-order valence-electron chi connectivity index (χ2n) is 4.95. The summed E-state index contributed by atoms with van der Waals surface area (Å²) in [7, 11) is 0.692. The average molecular weight is 275 g/mol. The van der Waals surface area contributed by atoms with Gasteiger partial charge in [-0.05, 0) is 12.6 Å². The molecule has 0 aromatic heterocycles. The minimum absolute atomic E-state index is 0.0638. The largest absolute Gasteiger partial charge is 0.632 e. The first-order chi connectivity index (χ1) is 9.63. The van der Waals surface area contributed by atoms with Crippen molar-refractivity contribution in [3.63, 3.8) is 0 Å². The predicted molar refractivity (Wildman–Crippen MR) is 69.5 cm³/mol. The summed E-state index contributed by atoms with van der Waals surface area (Å²) in [6, 6.07) is 9.13. The molecule has 20 heavy (non-hydrogen) atoms. The quantitative estimate of drug-likeness (QED) is 0.566. The van der Waals surface area contributed by atoms with E-state index >= 15 is 0 Å². The normalized spacial score (nSPS) is 27.4. The van der Waals surface area contributed by atoms with Crippen LogP contribution in [0.25, 0.3) is 0 Å². The molecule has 1 aromatic carbocycles. The van der Waals surface area contributed by atoms with Crippen LogP contribution >= 0.6 is 0 Å². The summed E-state index contributed by atoms with van der Waals surface area (Å²) in [5.74, 6) is -0.848. The molecule has 2 saturated heterocycles.